The summed E-state index contributed by atoms with van der Waals surface area (Å²) in [5.41, 5.74) is 2.06. The van der Waals surface area contributed by atoms with Crippen molar-refractivity contribution in [2.45, 2.75) is 32.6 Å². The molecule has 1 rings (SSSR count). The number of carbonyl (C=O) groups is 1. The van der Waals surface area contributed by atoms with Gasteiger partial charge in [-0.1, -0.05) is 26.0 Å². The molecule has 0 fully saturated rings. The third-order valence-corrected chi connectivity index (χ3v) is 3.98. The van der Waals surface area contributed by atoms with Crippen LogP contribution in [0.3, 0.4) is 0 Å². The normalized spacial score (nSPS) is 12.8. The van der Waals surface area contributed by atoms with E-state index in [9.17, 15) is 9.00 Å². The topological polar surface area (TPSA) is 34.1 Å². The highest BCUT2D eigenvalue weighted by Gasteiger charge is 2.14. The van der Waals surface area contributed by atoms with E-state index in [4.69, 9.17) is 0 Å². The van der Waals surface area contributed by atoms with E-state index in [0.717, 1.165) is 16.0 Å². The van der Waals surface area contributed by atoms with E-state index in [0.29, 0.717) is 0 Å². The second-order valence-corrected chi connectivity index (χ2v) is 5.80. The molecular weight excluding hydrogens is 220 g/mol. The van der Waals surface area contributed by atoms with Gasteiger partial charge in [0, 0.05) is 10.8 Å². The Morgan fingerprint density at radius 2 is 1.94 bits per heavy atom. The van der Waals surface area contributed by atoms with Gasteiger partial charge in [-0.2, -0.15) is 0 Å². The van der Waals surface area contributed by atoms with Gasteiger partial charge in [-0.3, -0.25) is 9.00 Å². The molecule has 0 radical (unpaired) electrons. The summed E-state index contributed by atoms with van der Waals surface area (Å²) in [7, 11) is -1.21. The van der Waals surface area contributed by atoms with Crippen molar-refractivity contribution in [3.05, 3.63) is 29.3 Å². The molecule has 16 heavy (non-hydrogen) atoms. The number of hydrogen-bond acceptors (Lipinski definition) is 2. The minimum absolute atomic E-state index is 0.0472. The SMILES string of the molecule is Cc1ccc(C)c(S(=O)CC(=O)C(C)C)c1. The third-order valence-electron chi connectivity index (χ3n) is 2.51. The number of benzene rings is 1. The van der Waals surface area contributed by atoms with E-state index < -0.39 is 10.8 Å². The third kappa shape index (κ3) is 3.27. The Hall–Kier alpha value is -0.960. The standard InChI is InChI=1S/C13H18O2S/c1-9(2)12(14)8-16(15)13-7-10(3)5-6-11(13)4/h5-7,9H,8H2,1-4H3. The first-order valence-electron chi connectivity index (χ1n) is 5.40. The van der Waals surface area contributed by atoms with E-state index >= 15 is 0 Å². The van der Waals surface area contributed by atoms with Crippen LogP contribution >= 0.6 is 0 Å². The van der Waals surface area contributed by atoms with Gasteiger partial charge < -0.3 is 0 Å². The maximum atomic E-state index is 12.0. The fraction of sp³-hybridized carbons (Fsp3) is 0.462. The predicted molar refractivity (Wildman–Crippen MR) is 67.0 cm³/mol. The molecule has 0 aliphatic rings. The lowest BCUT2D eigenvalue weighted by atomic mass is 10.1. The summed E-state index contributed by atoms with van der Waals surface area (Å²) in [6.07, 6.45) is 0. The predicted octanol–water partition coefficient (Wildman–Crippen LogP) is 2.64. The zero-order chi connectivity index (χ0) is 12.3. The van der Waals surface area contributed by atoms with Gasteiger partial charge in [-0.15, -0.1) is 0 Å². The van der Waals surface area contributed by atoms with Crippen molar-refractivity contribution in [3.63, 3.8) is 0 Å². The summed E-state index contributed by atoms with van der Waals surface area (Å²) in [5.74, 6) is 0.135. The van der Waals surface area contributed by atoms with Crippen molar-refractivity contribution >= 4 is 16.6 Å². The molecule has 0 bridgehead atoms. The van der Waals surface area contributed by atoms with Crippen LogP contribution in [0.15, 0.2) is 23.1 Å². The molecule has 0 heterocycles. The summed E-state index contributed by atoms with van der Waals surface area (Å²) in [6, 6.07) is 5.84. The minimum Gasteiger partial charge on any atom is -0.298 e. The van der Waals surface area contributed by atoms with Gasteiger partial charge in [0.25, 0.3) is 0 Å². The lowest BCUT2D eigenvalue weighted by Gasteiger charge is -2.08. The summed E-state index contributed by atoms with van der Waals surface area (Å²) < 4.78 is 12.0. The molecular formula is C13H18O2S. The molecule has 0 amide bonds. The van der Waals surface area contributed by atoms with Gasteiger partial charge in [0.1, 0.15) is 5.78 Å². The second-order valence-electron chi connectivity index (χ2n) is 4.38. The van der Waals surface area contributed by atoms with Gasteiger partial charge in [0.05, 0.1) is 16.6 Å². The number of carbonyl (C=O) groups excluding carboxylic acids is 1. The van der Waals surface area contributed by atoms with Crippen LogP contribution < -0.4 is 0 Å². The molecule has 0 spiro atoms. The first-order chi connectivity index (χ1) is 7.41. The van der Waals surface area contributed by atoms with E-state index in [-0.39, 0.29) is 17.5 Å². The molecule has 2 nitrogen and oxygen atoms in total. The molecule has 0 saturated carbocycles. The fourth-order valence-corrected chi connectivity index (χ4v) is 2.82. The first-order valence-corrected chi connectivity index (χ1v) is 6.72. The van der Waals surface area contributed by atoms with Crippen molar-refractivity contribution in [2.24, 2.45) is 5.92 Å². The number of Topliss-reactive ketones (excluding diaryl/α,β-unsaturated/α-hetero) is 1. The quantitative estimate of drug-likeness (QED) is 0.808. The van der Waals surface area contributed by atoms with Crippen molar-refractivity contribution < 1.29 is 9.00 Å². The van der Waals surface area contributed by atoms with E-state index in [1.165, 1.54) is 0 Å². The zero-order valence-electron chi connectivity index (χ0n) is 10.2. The van der Waals surface area contributed by atoms with Crippen molar-refractivity contribution in [2.75, 3.05) is 5.75 Å². The van der Waals surface area contributed by atoms with Crippen LogP contribution in [0.5, 0.6) is 0 Å². The summed E-state index contributed by atoms with van der Waals surface area (Å²) in [5, 5.41) is 0. The van der Waals surface area contributed by atoms with Crippen LogP contribution in [0.4, 0.5) is 0 Å². The second kappa shape index (κ2) is 5.39. The van der Waals surface area contributed by atoms with Crippen LogP contribution in [0.25, 0.3) is 0 Å². The fourth-order valence-electron chi connectivity index (χ4n) is 1.33. The maximum absolute atomic E-state index is 12.0. The van der Waals surface area contributed by atoms with E-state index in [1.807, 2.05) is 45.9 Å². The molecule has 1 aromatic rings. The highest BCUT2D eigenvalue weighted by atomic mass is 32.2. The maximum Gasteiger partial charge on any atom is 0.148 e. The van der Waals surface area contributed by atoms with Gasteiger partial charge >= 0.3 is 0 Å². The average molecular weight is 238 g/mol. The smallest absolute Gasteiger partial charge is 0.148 e. The van der Waals surface area contributed by atoms with Gasteiger partial charge in [-0.05, 0) is 31.0 Å². The van der Waals surface area contributed by atoms with Crippen LogP contribution in [-0.4, -0.2) is 15.7 Å². The van der Waals surface area contributed by atoms with Crippen LogP contribution in [0.1, 0.15) is 25.0 Å². The van der Waals surface area contributed by atoms with Crippen LogP contribution in [-0.2, 0) is 15.6 Å². The molecule has 1 unspecified atom stereocenters. The molecule has 3 heteroatoms. The molecule has 1 aromatic carbocycles. The highest BCUT2D eigenvalue weighted by molar-refractivity contribution is 7.85. The molecule has 0 saturated heterocycles. The Kier molecular flexibility index (Phi) is 4.42. The number of rotatable bonds is 4. The number of hydrogen-bond donors (Lipinski definition) is 0. The van der Waals surface area contributed by atoms with Crippen molar-refractivity contribution in [1.29, 1.82) is 0 Å². The summed E-state index contributed by atoms with van der Waals surface area (Å²) in [4.78, 5) is 12.3. The molecule has 0 aliphatic carbocycles. The van der Waals surface area contributed by atoms with E-state index in [2.05, 4.69) is 0 Å². The zero-order valence-corrected chi connectivity index (χ0v) is 11.1. The molecule has 0 aliphatic heterocycles. The lowest BCUT2D eigenvalue weighted by molar-refractivity contribution is -0.119. The monoisotopic (exact) mass is 238 g/mol. The highest BCUT2D eigenvalue weighted by Crippen LogP contribution is 2.16. The number of aryl methyl sites for hydroxylation is 2. The Morgan fingerprint density at radius 1 is 1.31 bits per heavy atom. The molecule has 0 aromatic heterocycles. The Morgan fingerprint density at radius 3 is 2.50 bits per heavy atom. The van der Waals surface area contributed by atoms with Crippen molar-refractivity contribution in [1.82, 2.24) is 0 Å². The molecule has 1 atom stereocenters. The van der Waals surface area contributed by atoms with Crippen molar-refractivity contribution in [3.8, 4) is 0 Å². The minimum atomic E-state index is -1.21. The Bertz CT molecular complexity index is 422. The molecule has 88 valence electrons. The van der Waals surface area contributed by atoms with Crippen LogP contribution in [0.2, 0.25) is 0 Å². The Balaban J connectivity index is 2.88. The Labute approximate surface area is 99.5 Å². The van der Waals surface area contributed by atoms with Gasteiger partial charge in [-0.25, -0.2) is 0 Å². The lowest BCUT2D eigenvalue weighted by Crippen LogP contribution is -2.16. The average Bonchev–Trinajstić information content (AvgIpc) is 2.21. The summed E-state index contributed by atoms with van der Waals surface area (Å²) in [6.45, 7) is 7.56. The molecule has 0 N–H and O–H groups in total. The van der Waals surface area contributed by atoms with Gasteiger partial charge in [0.2, 0.25) is 0 Å². The van der Waals surface area contributed by atoms with Gasteiger partial charge in [0.15, 0.2) is 0 Å². The van der Waals surface area contributed by atoms with E-state index in [1.54, 1.807) is 0 Å². The first kappa shape index (κ1) is 13.1. The summed E-state index contributed by atoms with van der Waals surface area (Å²) >= 11 is 0. The van der Waals surface area contributed by atoms with Crippen LogP contribution in [0, 0.1) is 19.8 Å². The number of ketones is 1. The largest absolute Gasteiger partial charge is 0.298 e.